The predicted octanol–water partition coefficient (Wildman–Crippen LogP) is 3.31. The van der Waals surface area contributed by atoms with E-state index in [9.17, 15) is 4.79 Å². The SMILES string of the molecule is CCc1cccc(C)c1NC(C)C(=O)OC(C)C. The topological polar surface area (TPSA) is 38.3 Å². The molecule has 1 N–H and O–H groups in total. The first-order valence-corrected chi connectivity index (χ1v) is 6.51. The smallest absolute Gasteiger partial charge is 0.328 e. The van der Waals surface area contributed by atoms with E-state index in [1.165, 1.54) is 5.56 Å². The van der Waals surface area contributed by atoms with Gasteiger partial charge in [-0.25, -0.2) is 4.79 Å². The molecule has 18 heavy (non-hydrogen) atoms. The largest absolute Gasteiger partial charge is 0.461 e. The van der Waals surface area contributed by atoms with Crippen molar-refractivity contribution in [3.8, 4) is 0 Å². The fraction of sp³-hybridized carbons (Fsp3) is 0.533. The van der Waals surface area contributed by atoms with Crippen molar-refractivity contribution in [2.24, 2.45) is 0 Å². The Kier molecular flexibility index (Phi) is 5.20. The van der Waals surface area contributed by atoms with Gasteiger partial charge in [0.15, 0.2) is 0 Å². The average molecular weight is 249 g/mol. The Morgan fingerprint density at radius 2 is 2.00 bits per heavy atom. The Bertz CT molecular complexity index is 413. The minimum atomic E-state index is -0.334. The van der Waals surface area contributed by atoms with Gasteiger partial charge in [0.2, 0.25) is 0 Å². The zero-order chi connectivity index (χ0) is 13.7. The van der Waals surface area contributed by atoms with Crippen LogP contribution in [0.2, 0.25) is 0 Å². The monoisotopic (exact) mass is 249 g/mol. The van der Waals surface area contributed by atoms with Crippen LogP contribution in [0.25, 0.3) is 0 Å². The lowest BCUT2D eigenvalue weighted by Crippen LogP contribution is -2.30. The third-order valence-corrected chi connectivity index (χ3v) is 2.81. The maximum absolute atomic E-state index is 11.8. The van der Waals surface area contributed by atoms with Gasteiger partial charge in [-0.2, -0.15) is 0 Å². The zero-order valence-corrected chi connectivity index (χ0v) is 11.9. The number of benzene rings is 1. The molecule has 0 amide bonds. The van der Waals surface area contributed by atoms with Gasteiger partial charge in [0, 0.05) is 5.69 Å². The van der Waals surface area contributed by atoms with Crippen molar-refractivity contribution in [1.29, 1.82) is 0 Å². The fourth-order valence-corrected chi connectivity index (χ4v) is 1.84. The summed E-state index contributed by atoms with van der Waals surface area (Å²) in [6.45, 7) is 9.70. The van der Waals surface area contributed by atoms with Crippen LogP contribution in [-0.4, -0.2) is 18.1 Å². The summed E-state index contributed by atoms with van der Waals surface area (Å²) in [6.07, 6.45) is 0.861. The number of esters is 1. The van der Waals surface area contributed by atoms with E-state index in [4.69, 9.17) is 4.74 Å². The Labute approximate surface area is 110 Å². The summed E-state index contributed by atoms with van der Waals surface area (Å²) in [7, 11) is 0. The Morgan fingerprint density at radius 1 is 1.33 bits per heavy atom. The highest BCUT2D eigenvalue weighted by Gasteiger charge is 2.17. The zero-order valence-electron chi connectivity index (χ0n) is 11.9. The van der Waals surface area contributed by atoms with Crippen molar-refractivity contribution in [3.05, 3.63) is 29.3 Å². The molecule has 0 aliphatic heterocycles. The molecule has 100 valence electrons. The number of nitrogens with one attached hydrogen (secondary N) is 1. The molecule has 0 spiro atoms. The number of rotatable bonds is 5. The summed E-state index contributed by atoms with van der Waals surface area (Å²) in [5, 5.41) is 3.26. The average Bonchev–Trinajstić information content (AvgIpc) is 2.30. The minimum absolute atomic E-state index is 0.0794. The number of ether oxygens (including phenoxy) is 1. The molecule has 3 nitrogen and oxygen atoms in total. The molecule has 1 aromatic rings. The van der Waals surface area contributed by atoms with E-state index in [0.717, 1.165) is 17.7 Å². The van der Waals surface area contributed by atoms with E-state index in [1.54, 1.807) is 0 Å². The number of carbonyl (C=O) groups is 1. The lowest BCUT2D eigenvalue weighted by atomic mass is 10.1. The first kappa shape index (κ1) is 14.6. The fourth-order valence-electron chi connectivity index (χ4n) is 1.84. The summed E-state index contributed by atoms with van der Waals surface area (Å²) in [5.74, 6) is -0.213. The lowest BCUT2D eigenvalue weighted by molar-refractivity contribution is -0.147. The van der Waals surface area contributed by atoms with E-state index in [-0.39, 0.29) is 18.1 Å². The molecule has 1 aromatic carbocycles. The summed E-state index contributed by atoms with van der Waals surface area (Å²) >= 11 is 0. The summed E-state index contributed by atoms with van der Waals surface area (Å²) in [5.41, 5.74) is 3.42. The van der Waals surface area contributed by atoms with Crippen molar-refractivity contribution in [2.75, 3.05) is 5.32 Å². The maximum Gasteiger partial charge on any atom is 0.328 e. The predicted molar refractivity (Wildman–Crippen MR) is 74.9 cm³/mol. The van der Waals surface area contributed by atoms with Gasteiger partial charge < -0.3 is 10.1 Å². The minimum Gasteiger partial charge on any atom is -0.461 e. The molecule has 0 bridgehead atoms. The van der Waals surface area contributed by atoms with E-state index >= 15 is 0 Å². The Balaban J connectivity index is 2.81. The second-order valence-corrected chi connectivity index (χ2v) is 4.81. The van der Waals surface area contributed by atoms with Crippen LogP contribution in [0.3, 0.4) is 0 Å². The van der Waals surface area contributed by atoms with E-state index < -0.39 is 0 Å². The summed E-state index contributed by atoms with van der Waals surface area (Å²) in [6, 6.07) is 5.83. The van der Waals surface area contributed by atoms with Crippen molar-refractivity contribution >= 4 is 11.7 Å². The number of para-hydroxylation sites is 1. The normalized spacial score (nSPS) is 12.3. The second kappa shape index (κ2) is 6.43. The Hall–Kier alpha value is -1.51. The highest BCUT2D eigenvalue weighted by atomic mass is 16.5. The van der Waals surface area contributed by atoms with Gasteiger partial charge in [0.25, 0.3) is 0 Å². The summed E-state index contributed by atoms with van der Waals surface area (Å²) < 4.78 is 5.20. The van der Waals surface area contributed by atoms with Crippen LogP contribution < -0.4 is 5.32 Å². The number of aryl methyl sites for hydroxylation is 2. The van der Waals surface area contributed by atoms with Crippen LogP contribution in [0.15, 0.2) is 18.2 Å². The van der Waals surface area contributed by atoms with Crippen LogP contribution in [-0.2, 0) is 16.0 Å². The molecule has 0 aliphatic carbocycles. The molecule has 1 rings (SSSR count). The number of hydrogen-bond acceptors (Lipinski definition) is 3. The van der Waals surface area contributed by atoms with Gasteiger partial charge in [0.05, 0.1) is 6.10 Å². The molecule has 0 aliphatic rings. The second-order valence-electron chi connectivity index (χ2n) is 4.81. The van der Waals surface area contributed by atoms with E-state index in [1.807, 2.05) is 39.8 Å². The molecule has 0 fully saturated rings. The third kappa shape index (κ3) is 3.76. The molecule has 0 radical (unpaired) electrons. The molecule has 0 saturated heterocycles. The van der Waals surface area contributed by atoms with Gasteiger partial charge in [0.1, 0.15) is 6.04 Å². The van der Waals surface area contributed by atoms with Gasteiger partial charge in [-0.15, -0.1) is 0 Å². The molecular weight excluding hydrogens is 226 g/mol. The summed E-state index contributed by atoms with van der Waals surface area (Å²) in [4.78, 5) is 11.8. The molecule has 0 aromatic heterocycles. The van der Waals surface area contributed by atoms with Crippen LogP contribution in [0.1, 0.15) is 38.8 Å². The molecular formula is C15H23NO2. The quantitative estimate of drug-likeness (QED) is 0.814. The van der Waals surface area contributed by atoms with E-state index in [0.29, 0.717) is 0 Å². The van der Waals surface area contributed by atoms with E-state index in [2.05, 4.69) is 18.3 Å². The van der Waals surface area contributed by atoms with Crippen molar-refractivity contribution in [1.82, 2.24) is 0 Å². The van der Waals surface area contributed by atoms with Crippen LogP contribution in [0.4, 0.5) is 5.69 Å². The van der Waals surface area contributed by atoms with Crippen LogP contribution >= 0.6 is 0 Å². The van der Waals surface area contributed by atoms with Gasteiger partial charge in [-0.3, -0.25) is 0 Å². The molecule has 0 heterocycles. The van der Waals surface area contributed by atoms with Gasteiger partial charge in [-0.1, -0.05) is 25.1 Å². The Morgan fingerprint density at radius 3 is 2.56 bits per heavy atom. The van der Waals surface area contributed by atoms with Crippen molar-refractivity contribution < 1.29 is 9.53 Å². The highest BCUT2D eigenvalue weighted by molar-refractivity contribution is 5.79. The third-order valence-electron chi connectivity index (χ3n) is 2.81. The van der Waals surface area contributed by atoms with Gasteiger partial charge in [-0.05, 0) is 45.2 Å². The first-order valence-electron chi connectivity index (χ1n) is 6.51. The standard InChI is InChI=1S/C15H23NO2/c1-6-13-9-7-8-11(4)14(13)16-12(5)15(17)18-10(2)3/h7-10,12,16H,6H2,1-5H3. The lowest BCUT2D eigenvalue weighted by Gasteiger charge is -2.19. The number of hydrogen-bond donors (Lipinski definition) is 1. The molecule has 1 atom stereocenters. The van der Waals surface area contributed by atoms with Crippen molar-refractivity contribution in [2.45, 2.75) is 53.2 Å². The first-order chi connectivity index (χ1) is 8.45. The number of carbonyl (C=O) groups excluding carboxylic acids is 1. The van der Waals surface area contributed by atoms with Crippen LogP contribution in [0, 0.1) is 6.92 Å². The van der Waals surface area contributed by atoms with Crippen LogP contribution in [0.5, 0.6) is 0 Å². The number of anilines is 1. The molecule has 0 saturated carbocycles. The highest BCUT2D eigenvalue weighted by Crippen LogP contribution is 2.22. The molecule has 3 heteroatoms. The van der Waals surface area contributed by atoms with Gasteiger partial charge >= 0.3 is 5.97 Å². The maximum atomic E-state index is 11.8. The van der Waals surface area contributed by atoms with Crippen molar-refractivity contribution in [3.63, 3.8) is 0 Å². The molecule has 1 unspecified atom stereocenters.